The molecule has 1 N–H and O–H groups in total. The van der Waals surface area contributed by atoms with Crippen LogP contribution in [0.3, 0.4) is 0 Å². The number of carbonyl (C=O) groups excluding carboxylic acids is 1. The molecule has 0 bridgehead atoms. The monoisotopic (exact) mass is 303 g/mol. The second-order valence-electron chi connectivity index (χ2n) is 5.19. The minimum atomic E-state index is -0.179. The number of carbonyl (C=O) groups is 1. The summed E-state index contributed by atoms with van der Waals surface area (Å²) in [4.78, 5) is 21.2. The Kier molecular flexibility index (Phi) is 3.98. The van der Waals surface area contributed by atoms with Gasteiger partial charge < -0.3 is 14.9 Å². The maximum Gasteiger partial charge on any atom is 0.286 e. The molecule has 3 rings (SSSR count). The molecule has 5 nitrogen and oxygen atoms in total. The predicted octanol–water partition coefficient (Wildman–Crippen LogP) is 1.61. The molecule has 1 fully saturated rings. The smallest absolute Gasteiger partial charge is 0.286 e. The van der Waals surface area contributed by atoms with Gasteiger partial charge in [-0.1, -0.05) is 12.1 Å². The number of aromatic hydroxyl groups is 1. The summed E-state index contributed by atoms with van der Waals surface area (Å²) in [6.07, 6.45) is 1.82. The average molecular weight is 303 g/mol. The molecular weight excluding hydrogens is 286 g/mol. The molecular formula is C15H17N3O2S. The highest BCUT2D eigenvalue weighted by molar-refractivity contribution is 8.18. The number of phenols is 1. The van der Waals surface area contributed by atoms with Crippen molar-refractivity contribution < 1.29 is 9.90 Å². The fourth-order valence-corrected chi connectivity index (χ4v) is 3.22. The Balaban J connectivity index is 1.71. The van der Waals surface area contributed by atoms with Crippen LogP contribution in [0, 0.1) is 0 Å². The molecule has 0 atom stereocenters. The Hall–Kier alpha value is -1.79. The summed E-state index contributed by atoms with van der Waals surface area (Å²) in [5, 5.41) is 10.1. The first kappa shape index (κ1) is 14.2. The molecule has 0 aliphatic carbocycles. The van der Waals surface area contributed by atoms with E-state index in [2.05, 4.69) is 21.8 Å². The first-order valence-corrected chi connectivity index (χ1v) is 7.68. The van der Waals surface area contributed by atoms with E-state index in [9.17, 15) is 9.90 Å². The highest BCUT2D eigenvalue weighted by atomic mass is 32.2. The van der Waals surface area contributed by atoms with Crippen molar-refractivity contribution >= 4 is 28.9 Å². The van der Waals surface area contributed by atoms with Crippen molar-refractivity contribution in [3.8, 4) is 5.75 Å². The molecule has 1 aromatic rings. The molecule has 21 heavy (non-hydrogen) atoms. The molecule has 2 aliphatic heterocycles. The molecule has 0 unspecified atom stereocenters. The van der Waals surface area contributed by atoms with Crippen LogP contribution in [0.2, 0.25) is 0 Å². The van der Waals surface area contributed by atoms with E-state index >= 15 is 0 Å². The van der Waals surface area contributed by atoms with Gasteiger partial charge in [0.25, 0.3) is 5.91 Å². The van der Waals surface area contributed by atoms with E-state index in [0.717, 1.165) is 36.9 Å². The number of benzene rings is 1. The highest BCUT2D eigenvalue weighted by Gasteiger charge is 2.27. The van der Waals surface area contributed by atoms with E-state index in [1.807, 2.05) is 6.08 Å². The number of aliphatic imine (C=N–C) groups is 1. The molecule has 1 amide bonds. The lowest BCUT2D eigenvalue weighted by atomic mass is 10.2. The zero-order valence-electron chi connectivity index (χ0n) is 11.8. The maximum atomic E-state index is 12.0. The van der Waals surface area contributed by atoms with Crippen LogP contribution >= 0.6 is 11.8 Å². The fourth-order valence-electron chi connectivity index (χ4n) is 2.25. The molecule has 1 aromatic carbocycles. The van der Waals surface area contributed by atoms with Crippen molar-refractivity contribution in [2.45, 2.75) is 0 Å². The maximum absolute atomic E-state index is 12.0. The van der Waals surface area contributed by atoms with Crippen LogP contribution in [-0.2, 0) is 4.79 Å². The molecule has 1 saturated heterocycles. The topological polar surface area (TPSA) is 56.1 Å². The average Bonchev–Trinajstić information content (AvgIpc) is 2.83. The van der Waals surface area contributed by atoms with Gasteiger partial charge in [0.15, 0.2) is 5.17 Å². The predicted molar refractivity (Wildman–Crippen MR) is 85.2 cm³/mol. The number of piperazine rings is 1. The Morgan fingerprint density at radius 2 is 1.86 bits per heavy atom. The van der Waals surface area contributed by atoms with Crippen molar-refractivity contribution in [2.75, 3.05) is 33.2 Å². The minimum absolute atomic E-state index is 0.179. The van der Waals surface area contributed by atoms with Crippen molar-refractivity contribution in [1.29, 1.82) is 0 Å². The molecule has 2 heterocycles. The van der Waals surface area contributed by atoms with Crippen molar-refractivity contribution in [1.82, 2.24) is 9.80 Å². The Morgan fingerprint density at radius 1 is 1.19 bits per heavy atom. The lowest BCUT2D eigenvalue weighted by molar-refractivity contribution is -0.113. The van der Waals surface area contributed by atoms with E-state index in [-0.39, 0.29) is 11.7 Å². The zero-order chi connectivity index (χ0) is 14.8. The summed E-state index contributed by atoms with van der Waals surface area (Å²) in [6, 6.07) is 6.78. The number of hydrogen-bond acceptors (Lipinski definition) is 5. The number of phenolic OH excluding ortho intramolecular Hbond substituents is 1. The van der Waals surface area contributed by atoms with E-state index in [0.29, 0.717) is 4.91 Å². The minimum Gasteiger partial charge on any atom is -0.508 e. The summed E-state index contributed by atoms with van der Waals surface area (Å²) in [5.41, 5.74) is 0.887. The number of hydrogen-bond donors (Lipinski definition) is 1. The molecule has 0 aromatic heterocycles. The van der Waals surface area contributed by atoms with Crippen molar-refractivity contribution in [3.05, 3.63) is 34.7 Å². The Morgan fingerprint density at radius 3 is 2.52 bits per heavy atom. The summed E-state index contributed by atoms with van der Waals surface area (Å²) < 4.78 is 0. The van der Waals surface area contributed by atoms with E-state index < -0.39 is 0 Å². The molecule has 2 aliphatic rings. The van der Waals surface area contributed by atoms with Crippen LogP contribution in [0.5, 0.6) is 5.75 Å². The van der Waals surface area contributed by atoms with Crippen molar-refractivity contribution in [2.24, 2.45) is 4.99 Å². The number of nitrogens with zero attached hydrogens (tertiary/aromatic N) is 3. The molecule has 110 valence electrons. The second-order valence-corrected chi connectivity index (χ2v) is 6.20. The summed E-state index contributed by atoms with van der Waals surface area (Å²) in [7, 11) is 2.10. The van der Waals surface area contributed by atoms with Gasteiger partial charge in [0.2, 0.25) is 0 Å². The van der Waals surface area contributed by atoms with Gasteiger partial charge in [-0.3, -0.25) is 4.79 Å². The second kappa shape index (κ2) is 5.91. The first-order valence-electron chi connectivity index (χ1n) is 6.87. The third-order valence-electron chi connectivity index (χ3n) is 3.57. The summed E-state index contributed by atoms with van der Waals surface area (Å²) in [6.45, 7) is 3.79. The van der Waals surface area contributed by atoms with Crippen LogP contribution in [0.25, 0.3) is 6.08 Å². The quantitative estimate of drug-likeness (QED) is 0.799. The van der Waals surface area contributed by atoms with Crippen LogP contribution in [0.1, 0.15) is 5.56 Å². The molecule has 0 radical (unpaired) electrons. The van der Waals surface area contributed by atoms with Crippen LogP contribution in [0.15, 0.2) is 34.2 Å². The number of likely N-dealkylation sites (N-methyl/N-ethyl adjacent to an activating group) is 1. The van der Waals surface area contributed by atoms with E-state index in [4.69, 9.17) is 0 Å². The van der Waals surface area contributed by atoms with Crippen molar-refractivity contribution in [3.63, 3.8) is 0 Å². The lowest BCUT2D eigenvalue weighted by Gasteiger charge is -2.32. The number of thioether (sulfide) groups is 1. The normalized spacial score (nSPS) is 22.0. The van der Waals surface area contributed by atoms with Gasteiger partial charge in [0, 0.05) is 26.2 Å². The van der Waals surface area contributed by atoms with Gasteiger partial charge in [-0.15, -0.1) is 0 Å². The first-order chi connectivity index (χ1) is 10.1. The molecule has 0 spiro atoms. The molecule has 6 heteroatoms. The third kappa shape index (κ3) is 3.28. The number of amidine groups is 1. The SMILES string of the molecule is CN1CCN(C2=NC(=O)C(=Cc3ccc(O)cc3)S2)CC1. The van der Waals surface area contributed by atoms with Gasteiger partial charge >= 0.3 is 0 Å². The Labute approximate surface area is 128 Å². The Bertz CT molecular complexity index is 602. The van der Waals surface area contributed by atoms with Crippen LogP contribution < -0.4 is 0 Å². The van der Waals surface area contributed by atoms with Gasteiger partial charge in [-0.25, -0.2) is 0 Å². The molecule has 0 saturated carbocycles. The van der Waals surface area contributed by atoms with Gasteiger partial charge in [-0.2, -0.15) is 4.99 Å². The zero-order valence-corrected chi connectivity index (χ0v) is 12.6. The van der Waals surface area contributed by atoms with E-state index in [1.54, 1.807) is 24.3 Å². The largest absolute Gasteiger partial charge is 0.508 e. The van der Waals surface area contributed by atoms with E-state index in [1.165, 1.54) is 11.8 Å². The fraction of sp³-hybridized carbons (Fsp3) is 0.333. The number of rotatable bonds is 1. The van der Waals surface area contributed by atoms with Gasteiger partial charge in [0.05, 0.1) is 4.91 Å². The standard InChI is InChI=1S/C15H17N3O2S/c1-17-6-8-18(9-7-17)15-16-14(20)13(21-15)10-11-2-4-12(19)5-3-11/h2-5,10,19H,6-9H2,1H3. The van der Waals surface area contributed by atoms with Crippen LogP contribution in [0.4, 0.5) is 0 Å². The van der Waals surface area contributed by atoms with Gasteiger partial charge in [0.1, 0.15) is 5.75 Å². The number of amides is 1. The summed E-state index contributed by atoms with van der Waals surface area (Å²) in [5.74, 6) is 0.0407. The lowest BCUT2D eigenvalue weighted by Crippen LogP contribution is -2.46. The third-order valence-corrected chi connectivity index (χ3v) is 4.62. The summed E-state index contributed by atoms with van der Waals surface area (Å²) >= 11 is 1.43. The van der Waals surface area contributed by atoms with Crippen LogP contribution in [-0.4, -0.2) is 59.2 Å². The van der Waals surface area contributed by atoms with Gasteiger partial charge in [-0.05, 0) is 42.6 Å². The highest BCUT2D eigenvalue weighted by Crippen LogP contribution is 2.30.